The molecule has 0 bridgehead atoms. The fourth-order valence-electron chi connectivity index (χ4n) is 2.66. The zero-order valence-electron chi connectivity index (χ0n) is 18.7. The first-order valence-electron chi connectivity index (χ1n) is 9.44. The normalized spacial score (nSPS) is 23.4. The molecular formula is C19H35NO7Si. The van der Waals surface area contributed by atoms with E-state index in [0.29, 0.717) is 0 Å². The van der Waals surface area contributed by atoms with E-state index in [9.17, 15) is 14.4 Å². The van der Waals surface area contributed by atoms with Gasteiger partial charge in [-0.2, -0.15) is 0 Å². The van der Waals surface area contributed by atoms with E-state index in [1.165, 1.54) is 14.0 Å². The second kappa shape index (κ2) is 8.40. The lowest BCUT2D eigenvalue weighted by molar-refractivity contribution is -0.164. The molecule has 0 aromatic carbocycles. The average Bonchev–Trinajstić information content (AvgIpc) is 2.80. The first-order chi connectivity index (χ1) is 12.5. The van der Waals surface area contributed by atoms with Crippen molar-refractivity contribution in [2.45, 2.75) is 97.0 Å². The third kappa shape index (κ3) is 5.94. The van der Waals surface area contributed by atoms with Crippen LogP contribution in [0.25, 0.3) is 0 Å². The van der Waals surface area contributed by atoms with Gasteiger partial charge in [0.25, 0.3) is 0 Å². The van der Waals surface area contributed by atoms with Crippen molar-refractivity contribution < 1.29 is 33.0 Å². The molecule has 1 heterocycles. The number of esters is 2. The lowest BCUT2D eigenvalue weighted by Crippen LogP contribution is -2.52. The lowest BCUT2D eigenvalue weighted by atomic mass is 10.2. The molecule has 0 spiro atoms. The fourth-order valence-corrected chi connectivity index (χ4v) is 3.99. The van der Waals surface area contributed by atoms with Crippen LogP contribution in [0, 0.1) is 0 Å². The molecule has 1 rings (SSSR count). The zero-order valence-corrected chi connectivity index (χ0v) is 19.7. The number of hydrogen-bond donors (Lipinski definition) is 0. The van der Waals surface area contributed by atoms with Crippen LogP contribution in [0.3, 0.4) is 0 Å². The number of ether oxygens (including phenoxy) is 3. The highest BCUT2D eigenvalue weighted by Gasteiger charge is 2.54. The molecule has 0 aliphatic carbocycles. The van der Waals surface area contributed by atoms with Crippen LogP contribution in [0.5, 0.6) is 0 Å². The van der Waals surface area contributed by atoms with E-state index < -0.39 is 50.3 Å². The second-order valence-electron chi connectivity index (χ2n) is 9.58. The Morgan fingerprint density at radius 2 is 1.57 bits per heavy atom. The van der Waals surface area contributed by atoms with Crippen LogP contribution >= 0.6 is 0 Å². The van der Waals surface area contributed by atoms with Crippen LogP contribution in [-0.4, -0.2) is 62.3 Å². The molecule has 28 heavy (non-hydrogen) atoms. The van der Waals surface area contributed by atoms with Crippen LogP contribution in [0.1, 0.15) is 54.9 Å². The molecule has 0 aromatic rings. The average molecular weight is 418 g/mol. The van der Waals surface area contributed by atoms with Crippen LogP contribution in [0.2, 0.25) is 18.1 Å². The van der Waals surface area contributed by atoms with Crippen molar-refractivity contribution in [3.8, 4) is 0 Å². The van der Waals surface area contributed by atoms with Gasteiger partial charge in [0.2, 0.25) is 6.23 Å². The third-order valence-corrected chi connectivity index (χ3v) is 9.50. The first kappa shape index (κ1) is 24.4. The molecule has 162 valence electrons. The van der Waals surface area contributed by atoms with E-state index >= 15 is 0 Å². The topological polar surface area (TPSA) is 91.4 Å². The van der Waals surface area contributed by atoms with Gasteiger partial charge < -0.3 is 18.6 Å². The van der Waals surface area contributed by atoms with Crippen LogP contribution < -0.4 is 0 Å². The summed E-state index contributed by atoms with van der Waals surface area (Å²) in [5, 5.41) is -0.103. The standard InChI is InChI=1S/C19H35NO7Si/c1-12(21)25-15-14(27-28(9,10)19(5,6)7)11-13(16(22)24-8)20(15)17(23)26-18(2,3)4/h13-15H,11H2,1-10H3/t13-,14-,15?/m0/s1. The molecule has 9 heteroatoms. The molecule has 1 amide bonds. The number of likely N-dealkylation sites (tertiary alicyclic amines) is 1. The molecule has 0 N–H and O–H groups in total. The Bertz CT molecular complexity index is 606. The summed E-state index contributed by atoms with van der Waals surface area (Å²) in [5.74, 6) is -1.18. The number of hydrogen-bond acceptors (Lipinski definition) is 7. The summed E-state index contributed by atoms with van der Waals surface area (Å²) in [5.41, 5.74) is -0.781. The van der Waals surface area contributed by atoms with Gasteiger partial charge in [-0.25, -0.2) is 9.59 Å². The maximum absolute atomic E-state index is 12.9. The van der Waals surface area contributed by atoms with Gasteiger partial charge in [0.1, 0.15) is 17.7 Å². The molecule has 1 fully saturated rings. The predicted molar refractivity (Wildman–Crippen MR) is 106 cm³/mol. The molecule has 0 saturated carbocycles. The Labute approximate surface area is 169 Å². The molecule has 1 saturated heterocycles. The summed E-state index contributed by atoms with van der Waals surface area (Å²) in [6, 6.07) is -0.959. The van der Waals surface area contributed by atoms with Gasteiger partial charge in [-0.15, -0.1) is 0 Å². The minimum Gasteiger partial charge on any atom is -0.467 e. The second-order valence-corrected chi connectivity index (χ2v) is 14.3. The highest BCUT2D eigenvalue weighted by atomic mass is 28.4. The maximum Gasteiger partial charge on any atom is 0.414 e. The van der Waals surface area contributed by atoms with E-state index in [2.05, 4.69) is 33.9 Å². The Kier molecular flexibility index (Phi) is 7.33. The van der Waals surface area contributed by atoms with Crippen molar-refractivity contribution in [2.24, 2.45) is 0 Å². The minimum atomic E-state index is -2.27. The van der Waals surface area contributed by atoms with Crippen molar-refractivity contribution in [2.75, 3.05) is 7.11 Å². The molecule has 0 aromatic heterocycles. The van der Waals surface area contributed by atoms with Gasteiger partial charge in [-0.1, -0.05) is 20.8 Å². The maximum atomic E-state index is 12.9. The van der Waals surface area contributed by atoms with E-state index in [0.717, 1.165) is 4.90 Å². The molecule has 8 nitrogen and oxygen atoms in total. The van der Waals surface area contributed by atoms with Crippen molar-refractivity contribution >= 4 is 26.3 Å². The first-order valence-corrected chi connectivity index (χ1v) is 12.3. The van der Waals surface area contributed by atoms with Gasteiger partial charge >= 0.3 is 18.0 Å². The smallest absolute Gasteiger partial charge is 0.414 e. The summed E-state index contributed by atoms with van der Waals surface area (Å²) < 4.78 is 22.2. The fraction of sp³-hybridized carbons (Fsp3) is 0.842. The van der Waals surface area contributed by atoms with Crippen molar-refractivity contribution in [1.29, 1.82) is 0 Å². The molecule has 1 unspecified atom stereocenters. The van der Waals surface area contributed by atoms with E-state index in [-0.39, 0.29) is 11.5 Å². The highest BCUT2D eigenvalue weighted by molar-refractivity contribution is 6.74. The number of carbonyl (C=O) groups is 3. The molecule has 1 aliphatic rings. The molecule has 3 atom stereocenters. The zero-order chi connectivity index (χ0) is 22.1. The quantitative estimate of drug-likeness (QED) is 0.393. The number of carbonyl (C=O) groups excluding carboxylic acids is 3. The lowest BCUT2D eigenvalue weighted by Gasteiger charge is -2.40. The van der Waals surface area contributed by atoms with Crippen molar-refractivity contribution in [3.05, 3.63) is 0 Å². The highest BCUT2D eigenvalue weighted by Crippen LogP contribution is 2.41. The summed E-state index contributed by atoms with van der Waals surface area (Å²) in [6.45, 7) is 16.8. The van der Waals surface area contributed by atoms with E-state index in [1.807, 2.05) is 0 Å². The van der Waals surface area contributed by atoms with Crippen molar-refractivity contribution in [1.82, 2.24) is 4.90 Å². The van der Waals surface area contributed by atoms with Gasteiger partial charge in [0.05, 0.1) is 7.11 Å². The molecular weight excluding hydrogens is 382 g/mol. The number of amides is 1. The van der Waals surface area contributed by atoms with Crippen molar-refractivity contribution in [3.63, 3.8) is 0 Å². The van der Waals surface area contributed by atoms with Gasteiger partial charge in [-0.05, 0) is 38.9 Å². The van der Waals surface area contributed by atoms with Gasteiger partial charge in [0.15, 0.2) is 8.32 Å². The summed E-state index contributed by atoms with van der Waals surface area (Å²) in [4.78, 5) is 38.1. The van der Waals surface area contributed by atoms with E-state index in [4.69, 9.17) is 18.6 Å². The van der Waals surface area contributed by atoms with Gasteiger partial charge in [0, 0.05) is 13.3 Å². The van der Waals surface area contributed by atoms with E-state index in [1.54, 1.807) is 20.8 Å². The SMILES string of the molecule is COC(=O)[C@@H]1C[C@H](O[Si](C)(C)C(C)(C)C)C(OC(C)=O)N1C(=O)OC(C)(C)C. The molecule has 1 aliphatic heterocycles. The minimum absolute atomic E-state index is 0.103. The summed E-state index contributed by atoms with van der Waals surface area (Å²) in [6.07, 6.45) is -2.31. The Balaban J connectivity index is 3.31. The van der Waals surface area contributed by atoms with Gasteiger partial charge in [-0.3, -0.25) is 9.69 Å². The number of methoxy groups -OCH3 is 1. The number of rotatable bonds is 4. The third-order valence-electron chi connectivity index (χ3n) is 5.00. The summed E-state index contributed by atoms with van der Waals surface area (Å²) >= 11 is 0. The predicted octanol–water partition coefficient (Wildman–Crippen LogP) is 3.45. The van der Waals surface area contributed by atoms with Crippen LogP contribution in [-0.2, 0) is 28.2 Å². The number of nitrogens with zero attached hydrogens (tertiary/aromatic N) is 1. The largest absolute Gasteiger partial charge is 0.467 e. The summed E-state index contributed by atoms with van der Waals surface area (Å²) in [7, 11) is -1.02. The monoisotopic (exact) mass is 417 g/mol. The Morgan fingerprint density at radius 1 is 1.04 bits per heavy atom. The Morgan fingerprint density at radius 3 is 1.96 bits per heavy atom. The van der Waals surface area contributed by atoms with Crippen LogP contribution in [0.15, 0.2) is 0 Å². The van der Waals surface area contributed by atoms with Crippen LogP contribution in [0.4, 0.5) is 4.79 Å². The Hall–Kier alpha value is -1.61. The molecule has 0 radical (unpaired) electrons.